The number of anilines is 2. The van der Waals surface area contributed by atoms with Crippen molar-refractivity contribution in [3.05, 3.63) is 54.1 Å². The maximum absolute atomic E-state index is 12.2. The molecule has 0 spiro atoms. The second kappa shape index (κ2) is 9.97. The molecule has 2 aromatic rings. The lowest BCUT2D eigenvalue weighted by atomic mass is 10.1. The van der Waals surface area contributed by atoms with Gasteiger partial charge in [0.25, 0.3) is 0 Å². The van der Waals surface area contributed by atoms with Crippen LogP contribution >= 0.6 is 0 Å². The highest BCUT2D eigenvalue weighted by Gasteiger charge is 2.13. The van der Waals surface area contributed by atoms with Crippen LogP contribution < -0.4 is 14.8 Å². The Morgan fingerprint density at radius 1 is 1.04 bits per heavy atom. The first-order chi connectivity index (χ1) is 12.9. The molecule has 0 aliphatic rings. The van der Waals surface area contributed by atoms with Crippen LogP contribution in [-0.2, 0) is 14.8 Å². The van der Waals surface area contributed by atoms with Gasteiger partial charge in [0.1, 0.15) is 5.75 Å². The first kappa shape index (κ1) is 20.8. The number of sulfonamides is 1. The third kappa shape index (κ3) is 6.94. The van der Waals surface area contributed by atoms with Crippen molar-refractivity contribution in [1.29, 1.82) is 0 Å². The van der Waals surface area contributed by atoms with Crippen molar-refractivity contribution in [1.82, 2.24) is 0 Å². The van der Waals surface area contributed by atoms with E-state index in [9.17, 15) is 13.2 Å². The zero-order valence-corrected chi connectivity index (χ0v) is 16.5. The molecule has 0 saturated heterocycles. The second-order valence-corrected chi connectivity index (χ2v) is 8.05. The van der Waals surface area contributed by atoms with E-state index in [2.05, 4.69) is 10.0 Å². The highest BCUT2D eigenvalue weighted by atomic mass is 32.2. The maximum Gasteiger partial charge on any atom is 0.232 e. The molecule has 0 aromatic heterocycles. The molecule has 0 unspecified atom stereocenters. The Kier molecular flexibility index (Phi) is 7.67. The van der Waals surface area contributed by atoms with E-state index in [1.807, 2.05) is 37.3 Å². The Morgan fingerprint density at radius 2 is 1.74 bits per heavy atom. The van der Waals surface area contributed by atoms with Gasteiger partial charge in [0.15, 0.2) is 0 Å². The van der Waals surface area contributed by atoms with Crippen molar-refractivity contribution < 1.29 is 17.9 Å². The van der Waals surface area contributed by atoms with Crippen molar-refractivity contribution in [2.45, 2.75) is 33.1 Å². The molecule has 0 fully saturated rings. The molecule has 0 saturated carbocycles. The van der Waals surface area contributed by atoms with Crippen LogP contribution in [0.1, 0.15) is 31.7 Å². The monoisotopic (exact) mass is 390 g/mol. The lowest BCUT2D eigenvalue weighted by Gasteiger charge is -2.14. The molecule has 27 heavy (non-hydrogen) atoms. The first-order valence-electron chi connectivity index (χ1n) is 8.99. The summed E-state index contributed by atoms with van der Waals surface area (Å²) in [5, 5.41) is 2.84. The molecule has 146 valence electrons. The quantitative estimate of drug-likeness (QED) is 0.602. The average molecular weight is 391 g/mol. The predicted octanol–water partition coefficient (Wildman–Crippen LogP) is 3.94. The van der Waals surface area contributed by atoms with Crippen LogP contribution in [0.4, 0.5) is 11.4 Å². The number of benzene rings is 2. The SMILES string of the molecule is CCCS(=O)(=O)Nc1cccc(NC(=O)CCCOc2ccccc2)c1C. The molecule has 1 amide bonds. The molecule has 0 aliphatic carbocycles. The smallest absolute Gasteiger partial charge is 0.232 e. The van der Waals surface area contributed by atoms with Gasteiger partial charge in [-0.05, 0) is 49.6 Å². The summed E-state index contributed by atoms with van der Waals surface area (Å²) >= 11 is 0. The number of amides is 1. The van der Waals surface area contributed by atoms with Crippen molar-refractivity contribution in [2.24, 2.45) is 0 Å². The normalized spacial score (nSPS) is 11.0. The van der Waals surface area contributed by atoms with Gasteiger partial charge in [-0.25, -0.2) is 8.42 Å². The summed E-state index contributed by atoms with van der Waals surface area (Å²) in [6, 6.07) is 14.6. The molecule has 0 atom stereocenters. The molecular weight excluding hydrogens is 364 g/mol. The van der Waals surface area contributed by atoms with Gasteiger partial charge in [0.2, 0.25) is 15.9 Å². The van der Waals surface area contributed by atoms with E-state index in [4.69, 9.17) is 4.74 Å². The molecule has 0 aliphatic heterocycles. The fourth-order valence-corrected chi connectivity index (χ4v) is 3.72. The van der Waals surface area contributed by atoms with E-state index in [-0.39, 0.29) is 11.7 Å². The summed E-state index contributed by atoms with van der Waals surface area (Å²) in [5.41, 5.74) is 1.76. The minimum atomic E-state index is -3.38. The van der Waals surface area contributed by atoms with Crippen LogP contribution in [-0.4, -0.2) is 26.7 Å². The van der Waals surface area contributed by atoms with Crippen molar-refractivity contribution in [3.8, 4) is 5.75 Å². The number of para-hydroxylation sites is 1. The molecule has 2 N–H and O–H groups in total. The minimum absolute atomic E-state index is 0.0600. The van der Waals surface area contributed by atoms with Gasteiger partial charge in [-0.1, -0.05) is 31.2 Å². The van der Waals surface area contributed by atoms with Crippen LogP contribution in [0.25, 0.3) is 0 Å². The molecule has 0 heterocycles. The Bertz CT molecular complexity index is 852. The number of carbonyl (C=O) groups is 1. The van der Waals surface area contributed by atoms with Gasteiger partial charge in [0, 0.05) is 12.1 Å². The van der Waals surface area contributed by atoms with Crippen molar-refractivity contribution in [2.75, 3.05) is 22.4 Å². The number of rotatable bonds is 10. The largest absolute Gasteiger partial charge is 0.494 e. The van der Waals surface area contributed by atoms with Crippen LogP contribution in [0, 0.1) is 6.92 Å². The highest BCUT2D eigenvalue weighted by Crippen LogP contribution is 2.24. The van der Waals surface area contributed by atoms with Gasteiger partial charge in [-0.15, -0.1) is 0 Å². The van der Waals surface area contributed by atoms with E-state index < -0.39 is 10.0 Å². The standard InChI is InChI=1S/C20H26N2O4S/c1-3-15-27(24,25)22-19-12-7-11-18(16(19)2)21-20(23)13-8-14-26-17-9-5-4-6-10-17/h4-7,9-12,22H,3,8,13-15H2,1-2H3,(H,21,23). The summed E-state index contributed by atoms with van der Waals surface area (Å²) in [7, 11) is -3.38. The summed E-state index contributed by atoms with van der Waals surface area (Å²) in [6.45, 7) is 4.04. The number of carbonyl (C=O) groups excluding carboxylic acids is 1. The van der Waals surface area contributed by atoms with Gasteiger partial charge in [-0.2, -0.15) is 0 Å². The molecule has 0 bridgehead atoms. The van der Waals surface area contributed by atoms with E-state index in [1.54, 1.807) is 25.1 Å². The second-order valence-electron chi connectivity index (χ2n) is 6.21. The molecule has 6 nitrogen and oxygen atoms in total. The summed E-state index contributed by atoms with van der Waals surface area (Å²) in [6.07, 6.45) is 1.44. The predicted molar refractivity (Wildman–Crippen MR) is 109 cm³/mol. The molecule has 2 aromatic carbocycles. The van der Waals surface area contributed by atoms with E-state index in [1.165, 1.54) is 0 Å². The van der Waals surface area contributed by atoms with Gasteiger partial charge in [-0.3, -0.25) is 9.52 Å². The van der Waals surface area contributed by atoms with Crippen LogP contribution in [0.2, 0.25) is 0 Å². The van der Waals surface area contributed by atoms with Gasteiger partial charge < -0.3 is 10.1 Å². The van der Waals surface area contributed by atoms with Crippen LogP contribution in [0.5, 0.6) is 5.75 Å². The minimum Gasteiger partial charge on any atom is -0.494 e. The average Bonchev–Trinajstić information content (AvgIpc) is 2.63. The van der Waals surface area contributed by atoms with E-state index >= 15 is 0 Å². The van der Waals surface area contributed by atoms with E-state index in [0.29, 0.717) is 42.8 Å². The third-order valence-corrected chi connectivity index (χ3v) is 5.38. The van der Waals surface area contributed by atoms with Crippen molar-refractivity contribution >= 4 is 27.3 Å². The number of hydrogen-bond donors (Lipinski definition) is 2. The van der Waals surface area contributed by atoms with Crippen LogP contribution in [0.3, 0.4) is 0 Å². The zero-order chi connectivity index (χ0) is 19.7. The lowest BCUT2D eigenvalue weighted by molar-refractivity contribution is -0.116. The summed E-state index contributed by atoms with van der Waals surface area (Å²) in [4.78, 5) is 12.2. The topological polar surface area (TPSA) is 84.5 Å². The van der Waals surface area contributed by atoms with Gasteiger partial charge in [0.05, 0.1) is 18.0 Å². The molecule has 2 rings (SSSR count). The lowest BCUT2D eigenvalue weighted by Crippen LogP contribution is -2.18. The van der Waals surface area contributed by atoms with Gasteiger partial charge >= 0.3 is 0 Å². The maximum atomic E-state index is 12.2. The Hall–Kier alpha value is -2.54. The third-order valence-electron chi connectivity index (χ3n) is 3.91. The van der Waals surface area contributed by atoms with Crippen LogP contribution in [0.15, 0.2) is 48.5 Å². The Labute approximate surface area is 161 Å². The fraction of sp³-hybridized carbons (Fsp3) is 0.350. The van der Waals surface area contributed by atoms with Crippen molar-refractivity contribution in [3.63, 3.8) is 0 Å². The number of ether oxygens (including phenoxy) is 1. The Morgan fingerprint density at radius 3 is 2.44 bits per heavy atom. The summed E-state index contributed by atoms with van der Waals surface area (Å²) < 4.78 is 32.1. The number of hydrogen-bond acceptors (Lipinski definition) is 4. The van der Waals surface area contributed by atoms with E-state index in [0.717, 1.165) is 5.75 Å². The molecule has 0 radical (unpaired) electrons. The molecular formula is C20H26N2O4S. The highest BCUT2D eigenvalue weighted by molar-refractivity contribution is 7.92. The first-order valence-corrected chi connectivity index (χ1v) is 10.6. The summed E-state index contributed by atoms with van der Waals surface area (Å²) in [5.74, 6) is 0.703. The molecule has 7 heteroatoms. The Balaban J connectivity index is 1.87. The fourth-order valence-electron chi connectivity index (χ4n) is 2.52. The number of nitrogens with one attached hydrogen (secondary N) is 2. The zero-order valence-electron chi connectivity index (χ0n) is 15.7.